The number of rotatable bonds is 7. The number of carbonyl (C=O) groups excluding carboxylic acids is 3. The van der Waals surface area contributed by atoms with E-state index in [1.807, 2.05) is 31.2 Å². The summed E-state index contributed by atoms with van der Waals surface area (Å²) in [5.74, 6) is -1.35. The molecule has 0 radical (unpaired) electrons. The molecule has 0 unspecified atom stereocenters. The molecule has 4 N–H and O–H groups in total. The lowest BCUT2D eigenvalue weighted by Gasteiger charge is -2.26. The number of nitrogens with one attached hydrogen (secondary N) is 4. The molecule has 12 heteroatoms. The van der Waals surface area contributed by atoms with Gasteiger partial charge in [0, 0.05) is 25.2 Å². The van der Waals surface area contributed by atoms with E-state index in [0.717, 1.165) is 11.1 Å². The van der Waals surface area contributed by atoms with E-state index in [2.05, 4.69) is 21.5 Å². The van der Waals surface area contributed by atoms with Crippen molar-refractivity contribution < 1.29 is 27.5 Å². The molecule has 2 aromatic rings. The van der Waals surface area contributed by atoms with E-state index in [9.17, 15) is 22.8 Å². The highest BCUT2D eigenvalue weighted by Gasteiger charge is 2.26. The third-order valence-electron chi connectivity index (χ3n) is 5.00. The predicted molar refractivity (Wildman–Crippen MR) is 123 cm³/mol. The molecule has 1 fully saturated rings. The third-order valence-corrected chi connectivity index (χ3v) is 6.90. The van der Waals surface area contributed by atoms with E-state index < -0.39 is 27.9 Å². The van der Waals surface area contributed by atoms with Gasteiger partial charge in [0.1, 0.15) is 6.54 Å². The maximum Gasteiger partial charge on any atom is 0.315 e. The average Bonchev–Trinajstić information content (AvgIpc) is 2.86. The monoisotopic (exact) mass is 489 g/mol. The summed E-state index contributed by atoms with van der Waals surface area (Å²) in [6.07, 6.45) is 0. The molecule has 34 heavy (non-hydrogen) atoms. The number of aryl methyl sites for hydroxylation is 1. The Hall–Kier alpha value is -3.48. The van der Waals surface area contributed by atoms with Gasteiger partial charge in [-0.3, -0.25) is 20.4 Å². The average molecular weight is 490 g/mol. The van der Waals surface area contributed by atoms with Crippen molar-refractivity contribution in [1.29, 1.82) is 0 Å². The molecule has 0 spiro atoms. The van der Waals surface area contributed by atoms with Crippen LogP contribution < -0.4 is 21.5 Å². The van der Waals surface area contributed by atoms with Crippen molar-refractivity contribution in [2.24, 2.45) is 0 Å². The van der Waals surface area contributed by atoms with Crippen LogP contribution in [0.2, 0.25) is 0 Å². The molecular formula is C22H27N5O6S. The van der Waals surface area contributed by atoms with Gasteiger partial charge in [0.05, 0.1) is 18.1 Å². The second kappa shape index (κ2) is 11.6. The van der Waals surface area contributed by atoms with Crippen LogP contribution >= 0.6 is 0 Å². The van der Waals surface area contributed by atoms with Gasteiger partial charge in [0.25, 0.3) is 11.8 Å². The Balaban J connectivity index is 1.45. The molecule has 1 aliphatic rings. The van der Waals surface area contributed by atoms with Crippen molar-refractivity contribution in [1.82, 2.24) is 25.8 Å². The first-order valence-electron chi connectivity index (χ1n) is 10.6. The molecule has 0 saturated carbocycles. The number of ether oxygens (including phenoxy) is 1. The second-order valence-electron chi connectivity index (χ2n) is 7.57. The van der Waals surface area contributed by atoms with Crippen LogP contribution in [0.4, 0.5) is 4.79 Å². The van der Waals surface area contributed by atoms with Gasteiger partial charge < -0.3 is 15.4 Å². The number of carbonyl (C=O) groups is 3. The van der Waals surface area contributed by atoms with Crippen LogP contribution in [0.15, 0.2) is 53.4 Å². The molecule has 2 aromatic carbocycles. The van der Waals surface area contributed by atoms with Crippen LogP contribution in [0.5, 0.6) is 0 Å². The van der Waals surface area contributed by atoms with E-state index in [1.54, 1.807) is 0 Å². The Labute approximate surface area is 197 Å². The second-order valence-corrected chi connectivity index (χ2v) is 9.51. The van der Waals surface area contributed by atoms with E-state index in [1.165, 1.54) is 28.6 Å². The summed E-state index contributed by atoms with van der Waals surface area (Å²) < 4.78 is 32.0. The van der Waals surface area contributed by atoms with Gasteiger partial charge >= 0.3 is 6.03 Å². The Kier molecular flexibility index (Phi) is 8.57. The summed E-state index contributed by atoms with van der Waals surface area (Å²) >= 11 is 0. The SMILES string of the molecule is Cc1ccc(CNC(=O)NCC(=O)NNC(=O)c2cccc(S(=O)(=O)N3CCOCC3)c2)cc1. The van der Waals surface area contributed by atoms with Crippen molar-refractivity contribution in [2.75, 3.05) is 32.8 Å². The van der Waals surface area contributed by atoms with Crippen molar-refractivity contribution in [3.8, 4) is 0 Å². The molecule has 0 aromatic heterocycles. The Bertz CT molecular complexity index is 1130. The first-order chi connectivity index (χ1) is 16.3. The Morgan fingerprint density at radius 3 is 2.38 bits per heavy atom. The maximum atomic E-state index is 12.8. The van der Waals surface area contributed by atoms with Gasteiger partial charge in [-0.15, -0.1) is 0 Å². The van der Waals surface area contributed by atoms with Crippen molar-refractivity contribution >= 4 is 27.9 Å². The van der Waals surface area contributed by atoms with Crippen LogP contribution in [-0.4, -0.2) is 63.4 Å². The smallest absolute Gasteiger partial charge is 0.315 e. The normalized spacial score (nSPS) is 14.1. The predicted octanol–water partition coefficient (Wildman–Crippen LogP) is 0.276. The maximum absolute atomic E-state index is 12.8. The highest BCUT2D eigenvalue weighted by Crippen LogP contribution is 2.18. The standard InChI is InChI=1S/C22H27N5O6S/c1-16-5-7-17(8-6-16)14-23-22(30)24-15-20(28)25-26-21(29)18-3-2-4-19(13-18)34(31,32)27-9-11-33-12-10-27/h2-8,13H,9-12,14-15H2,1H3,(H,25,28)(H,26,29)(H2,23,24,30). The summed E-state index contributed by atoms with van der Waals surface area (Å²) in [4.78, 5) is 36.1. The molecule has 0 atom stereocenters. The van der Waals surface area contributed by atoms with Crippen molar-refractivity contribution in [3.05, 3.63) is 65.2 Å². The zero-order valence-electron chi connectivity index (χ0n) is 18.7. The summed E-state index contributed by atoms with van der Waals surface area (Å²) in [5, 5.41) is 5.01. The topological polar surface area (TPSA) is 146 Å². The summed E-state index contributed by atoms with van der Waals surface area (Å²) in [5.41, 5.74) is 6.46. The summed E-state index contributed by atoms with van der Waals surface area (Å²) in [6.45, 7) is 2.98. The number of amides is 4. The van der Waals surface area contributed by atoms with E-state index in [0.29, 0.717) is 19.8 Å². The molecule has 3 rings (SSSR count). The Morgan fingerprint density at radius 2 is 1.68 bits per heavy atom. The fourth-order valence-corrected chi connectivity index (χ4v) is 4.54. The fourth-order valence-electron chi connectivity index (χ4n) is 3.09. The largest absolute Gasteiger partial charge is 0.379 e. The third kappa shape index (κ3) is 7.01. The Morgan fingerprint density at radius 1 is 0.971 bits per heavy atom. The van der Waals surface area contributed by atoms with E-state index in [4.69, 9.17) is 4.74 Å². The molecule has 182 valence electrons. The minimum Gasteiger partial charge on any atom is -0.379 e. The lowest BCUT2D eigenvalue weighted by Crippen LogP contribution is -2.48. The first kappa shape index (κ1) is 25.1. The molecule has 1 heterocycles. The van der Waals surface area contributed by atoms with Gasteiger partial charge in [-0.1, -0.05) is 35.9 Å². The number of morpholine rings is 1. The first-order valence-corrected chi connectivity index (χ1v) is 12.0. The number of hydrazine groups is 1. The molecule has 1 saturated heterocycles. The van der Waals surface area contributed by atoms with Crippen molar-refractivity contribution in [2.45, 2.75) is 18.4 Å². The molecule has 0 bridgehead atoms. The molecular weight excluding hydrogens is 462 g/mol. The van der Waals surface area contributed by atoms with E-state index >= 15 is 0 Å². The zero-order chi connectivity index (χ0) is 24.6. The number of nitrogens with zero attached hydrogens (tertiary/aromatic N) is 1. The minimum absolute atomic E-state index is 0.0275. The van der Waals surface area contributed by atoms with Crippen LogP contribution in [0.25, 0.3) is 0 Å². The van der Waals surface area contributed by atoms with Gasteiger partial charge in [0.15, 0.2) is 0 Å². The minimum atomic E-state index is -3.76. The number of hydrogen-bond acceptors (Lipinski definition) is 6. The lowest BCUT2D eigenvalue weighted by molar-refractivity contribution is -0.120. The quantitative estimate of drug-likeness (QED) is 0.411. The molecule has 4 amide bonds. The lowest BCUT2D eigenvalue weighted by atomic mass is 10.1. The van der Waals surface area contributed by atoms with Gasteiger partial charge in [0.2, 0.25) is 10.0 Å². The highest BCUT2D eigenvalue weighted by atomic mass is 32.2. The van der Waals surface area contributed by atoms with E-state index in [-0.39, 0.29) is 30.1 Å². The van der Waals surface area contributed by atoms with Crippen LogP contribution in [0, 0.1) is 6.92 Å². The van der Waals surface area contributed by atoms with Gasteiger partial charge in [-0.2, -0.15) is 4.31 Å². The van der Waals surface area contributed by atoms with Crippen molar-refractivity contribution in [3.63, 3.8) is 0 Å². The fraction of sp³-hybridized carbons (Fsp3) is 0.318. The van der Waals surface area contributed by atoms with Gasteiger partial charge in [-0.25, -0.2) is 13.2 Å². The molecule has 0 aliphatic carbocycles. The number of urea groups is 1. The van der Waals surface area contributed by atoms with Crippen LogP contribution in [0.1, 0.15) is 21.5 Å². The summed E-state index contributed by atoms with van der Waals surface area (Å²) in [6, 6.07) is 12.6. The zero-order valence-corrected chi connectivity index (χ0v) is 19.5. The number of benzene rings is 2. The highest BCUT2D eigenvalue weighted by molar-refractivity contribution is 7.89. The number of sulfonamides is 1. The van der Waals surface area contributed by atoms with Crippen LogP contribution in [0.3, 0.4) is 0 Å². The summed E-state index contributed by atoms with van der Waals surface area (Å²) in [7, 11) is -3.76. The molecule has 1 aliphatic heterocycles. The van der Waals surface area contributed by atoms with Crippen LogP contribution in [-0.2, 0) is 26.1 Å². The molecule has 11 nitrogen and oxygen atoms in total. The number of hydrogen-bond donors (Lipinski definition) is 4. The van der Waals surface area contributed by atoms with Gasteiger partial charge in [-0.05, 0) is 30.7 Å².